The van der Waals surface area contributed by atoms with Crippen LogP contribution in [0.15, 0.2) is 12.3 Å². The van der Waals surface area contributed by atoms with Crippen molar-refractivity contribution in [2.75, 3.05) is 5.88 Å². The van der Waals surface area contributed by atoms with Gasteiger partial charge in [-0.05, 0) is 6.08 Å². The van der Waals surface area contributed by atoms with Crippen LogP contribution in [0, 0.1) is 0 Å². The van der Waals surface area contributed by atoms with Gasteiger partial charge in [-0.2, -0.15) is 0 Å². The smallest absolute Gasteiger partial charge is 0.110 e. The van der Waals surface area contributed by atoms with E-state index < -0.39 is 0 Å². The summed E-state index contributed by atoms with van der Waals surface area (Å²) in [5, 5.41) is 0. The van der Waals surface area contributed by atoms with Gasteiger partial charge in [0, 0.05) is 17.7 Å². The van der Waals surface area contributed by atoms with Gasteiger partial charge >= 0.3 is 0 Å². The zero-order chi connectivity index (χ0) is 5.54. The minimum absolute atomic E-state index is 0.429. The van der Waals surface area contributed by atoms with Crippen molar-refractivity contribution in [1.82, 2.24) is 5.00 Å². The summed E-state index contributed by atoms with van der Waals surface area (Å²) >= 11 is 10.1. The number of rotatable bonds is 3. The van der Waals surface area contributed by atoms with Gasteiger partial charge in [-0.1, -0.05) is 5.00 Å². The maximum Gasteiger partial charge on any atom is 0.110 e. The van der Waals surface area contributed by atoms with Crippen molar-refractivity contribution in [2.24, 2.45) is 0 Å². The van der Waals surface area contributed by atoms with Gasteiger partial charge in [0.2, 0.25) is 0 Å². The Kier molecular flexibility index (Phi) is 6.15. The number of alkyl halides is 1. The Morgan fingerprint density at radius 2 is 2.43 bits per heavy atom. The first-order valence-corrected chi connectivity index (χ1v) is 2.55. The third-order valence-corrected chi connectivity index (χ3v) is 0.565. The molecule has 0 bridgehead atoms. The van der Waals surface area contributed by atoms with Crippen molar-refractivity contribution in [3.8, 4) is 0 Å². The van der Waals surface area contributed by atoms with E-state index in [1.54, 1.807) is 6.08 Å². The summed E-state index contributed by atoms with van der Waals surface area (Å²) in [4.78, 5) is 6.25. The summed E-state index contributed by atoms with van der Waals surface area (Å²) in [6, 6.07) is 0. The Morgan fingerprint density at radius 1 is 1.71 bits per heavy atom. The van der Waals surface area contributed by atoms with Crippen molar-refractivity contribution >= 4 is 23.4 Å². The topological polar surface area (TPSA) is 21.3 Å². The van der Waals surface area contributed by atoms with Crippen LogP contribution in [0.5, 0.6) is 0 Å². The van der Waals surface area contributed by atoms with E-state index >= 15 is 0 Å². The van der Waals surface area contributed by atoms with Crippen molar-refractivity contribution in [3.63, 3.8) is 0 Å². The first-order chi connectivity index (χ1) is 3.41. The molecular formula is C3H5Cl2NO. The summed E-state index contributed by atoms with van der Waals surface area (Å²) in [5.74, 6) is 0.429. The molecule has 7 heavy (non-hydrogen) atoms. The second-order valence-corrected chi connectivity index (χ2v) is 1.18. The number of halogens is 2. The lowest BCUT2D eigenvalue weighted by Crippen LogP contribution is -1.90. The summed E-state index contributed by atoms with van der Waals surface area (Å²) in [6.45, 7) is 0. The number of allylic oxidation sites excluding steroid dienone is 1. The van der Waals surface area contributed by atoms with Crippen molar-refractivity contribution < 1.29 is 4.84 Å². The molecule has 0 unspecified atom stereocenters. The lowest BCUT2D eigenvalue weighted by Gasteiger charge is -1.86. The van der Waals surface area contributed by atoms with Crippen LogP contribution in [0.1, 0.15) is 0 Å². The molecular weight excluding hydrogens is 137 g/mol. The van der Waals surface area contributed by atoms with Crippen molar-refractivity contribution in [3.05, 3.63) is 12.3 Å². The van der Waals surface area contributed by atoms with Crippen LogP contribution >= 0.6 is 23.4 Å². The molecule has 42 valence electrons. The highest BCUT2D eigenvalue weighted by atomic mass is 35.5. The predicted molar refractivity (Wildman–Crippen MR) is 29.9 cm³/mol. The van der Waals surface area contributed by atoms with E-state index in [1.165, 1.54) is 6.26 Å². The molecule has 0 radical (unpaired) electrons. The summed E-state index contributed by atoms with van der Waals surface area (Å²) in [7, 11) is 0. The molecule has 0 aromatic rings. The standard InChI is InChI=1S/C3H5Cl2NO/c4-2-1-3-7-6-5/h1,3,6H,2H2. The van der Waals surface area contributed by atoms with E-state index in [4.69, 9.17) is 23.4 Å². The van der Waals surface area contributed by atoms with E-state index in [0.717, 1.165) is 0 Å². The molecule has 0 rings (SSSR count). The highest BCUT2D eigenvalue weighted by molar-refractivity contribution is 6.18. The van der Waals surface area contributed by atoms with E-state index in [2.05, 4.69) is 4.84 Å². The number of nitrogens with one attached hydrogen (secondary N) is 1. The Morgan fingerprint density at radius 3 is 2.86 bits per heavy atom. The minimum Gasteiger partial charge on any atom is -0.401 e. The van der Waals surface area contributed by atoms with Gasteiger partial charge < -0.3 is 4.84 Å². The molecule has 0 heterocycles. The molecule has 0 aliphatic heterocycles. The van der Waals surface area contributed by atoms with E-state index in [0.29, 0.717) is 5.88 Å². The first-order valence-electron chi connectivity index (χ1n) is 1.64. The Hall–Kier alpha value is 0.0800. The average Bonchev–Trinajstić information content (AvgIpc) is 1.69. The molecule has 0 aromatic heterocycles. The lowest BCUT2D eigenvalue weighted by atomic mass is 10.7. The molecule has 0 spiro atoms. The molecule has 0 saturated heterocycles. The highest BCUT2D eigenvalue weighted by Gasteiger charge is 1.66. The van der Waals surface area contributed by atoms with Crippen molar-refractivity contribution in [2.45, 2.75) is 0 Å². The quantitative estimate of drug-likeness (QED) is 0.278. The Bertz CT molecular complexity index is 56.9. The van der Waals surface area contributed by atoms with Gasteiger partial charge in [0.15, 0.2) is 0 Å². The summed E-state index contributed by atoms with van der Waals surface area (Å²) in [6.07, 6.45) is 2.97. The van der Waals surface area contributed by atoms with Crippen LogP contribution in [-0.2, 0) is 4.84 Å². The Balaban J connectivity index is 2.78. The molecule has 2 nitrogen and oxygen atoms in total. The van der Waals surface area contributed by atoms with Crippen LogP contribution in [0.3, 0.4) is 0 Å². The molecule has 0 saturated carbocycles. The zero-order valence-corrected chi connectivity index (χ0v) is 5.04. The molecule has 4 heteroatoms. The average molecular weight is 142 g/mol. The third-order valence-electron chi connectivity index (χ3n) is 0.298. The Labute approximate surface area is 52.1 Å². The van der Waals surface area contributed by atoms with Gasteiger partial charge in [0.1, 0.15) is 6.26 Å². The number of hydrogen-bond donors (Lipinski definition) is 1. The van der Waals surface area contributed by atoms with Crippen LogP contribution in [0.4, 0.5) is 0 Å². The third kappa shape index (κ3) is 6.08. The van der Waals surface area contributed by atoms with Crippen LogP contribution in [0.25, 0.3) is 0 Å². The molecule has 0 fully saturated rings. The highest BCUT2D eigenvalue weighted by Crippen LogP contribution is 1.77. The van der Waals surface area contributed by atoms with Crippen LogP contribution in [0.2, 0.25) is 0 Å². The SMILES string of the molecule is ClCC=CONCl. The first kappa shape index (κ1) is 7.08. The van der Waals surface area contributed by atoms with Gasteiger partial charge in [-0.3, -0.25) is 0 Å². The van der Waals surface area contributed by atoms with E-state index in [9.17, 15) is 0 Å². The van der Waals surface area contributed by atoms with Gasteiger partial charge in [0.25, 0.3) is 0 Å². The van der Waals surface area contributed by atoms with E-state index in [1.807, 2.05) is 5.00 Å². The largest absolute Gasteiger partial charge is 0.401 e. The maximum absolute atomic E-state index is 5.20. The fourth-order valence-corrected chi connectivity index (χ4v) is 0.234. The van der Waals surface area contributed by atoms with Crippen LogP contribution < -0.4 is 5.00 Å². The summed E-state index contributed by atoms with van der Waals surface area (Å²) < 4.78 is 0. The minimum atomic E-state index is 0.429. The molecule has 0 atom stereocenters. The second-order valence-electron chi connectivity index (χ2n) is 0.721. The molecule has 0 aliphatic rings. The van der Waals surface area contributed by atoms with Gasteiger partial charge in [-0.15, -0.1) is 11.6 Å². The lowest BCUT2D eigenvalue weighted by molar-refractivity contribution is 0.207. The van der Waals surface area contributed by atoms with Gasteiger partial charge in [-0.25, -0.2) is 0 Å². The molecule has 0 aliphatic carbocycles. The van der Waals surface area contributed by atoms with Crippen molar-refractivity contribution in [1.29, 1.82) is 0 Å². The number of hydrogen-bond acceptors (Lipinski definition) is 2. The maximum atomic E-state index is 5.20. The summed E-state index contributed by atoms with van der Waals surface area (Å²) in [5.41, 5.74) is 0. The molecule has 0 amide bonds. The predicted octanol–water partition coefficient (Wildman–Crippen LogP) is 1.41. The molecule has 0 aromatic carbocycles. The second kappa shape index (κ2) is 6.08. The van der Waals surface area contributed by atoms with E-state index in [-0.39, 0.29) is 0 Å². The zero-order valence-electron chi connectivity index (χ0n) is 3.53. The monoisotopic (exact) mass is 141 g/mol. The fourth-order valence-electron chi connectivity index (χ4n) is 0.110. The van der Waals surface area contributed by atoms with Gasteiger partial charge in [0.05, 0.1) is 0 Å². The fraction of sp³-hybridized carbons (Fsp3) is 0.333. The normalized spacial score (nSPS) is 10.0. The van der Waals surface area contributed by atoms with Crippen LogP contribution in [-0.4, -0.2) is 5.88 Å². The molecule has 1 N–H and O–H groups in total.